The highest BCUT2D eigenvalue weighted by molar-refractivity contribution is 8.00. The first-order valence-electron chi connectivity index (χ1n) is 9.46. The summed E-state index contributed by atoms with van der Waals surface area (Å²) in [6.45, 7) is 3.73. The zero-order valence-electron chi connectivity index (χ0n) is 16.8. The van der Waals surface area contributed by atoms with Crippen molar-refractivity contribution in [3.05, 3.63) is 59.0 Å². The molecule has 2 N–H and O–H groups in total. The molecule has 0 radical (unpaired) electrons. The molecule has 0 saturated carbocycles. The summed E-state index contributed by atoms with van der Waals surface area (Å²) >= 11 is 1.32. The Balaban J connectivity index is 1.61. The highest BCUT2D eigenvalue weighted by atomic mass is 32.2. The van der Waals surface area contributed by atoms with Crippen molar-refractivity contribution in [3.8, 4) is 5.69 Å². The van der Waals surface area contributed by atoms with Gasteiger partial charge in [-0.2, -0.15) is 0 Å². The lowest BCUT2D eigenvalue weighted by Gasteiger charge is -2.13. The van der Waals surface area contributed by atoms with E-state index in [1.807, 2.05) is 44.2 Å². The van der Waals surface area contributed by atoms with Crippen molar-refractivity contribution in [2.24, 2.45) is 7.05 Å². The van der Waals surface area contributed by atoms with Crippen molar-refractivity contribution >= 4 is 34.5 Å². The summed E-state index contributed by atoms with van der Waals surface area (Å²) in [4.78, 5) is 41.6. The third-order valence-electron chi connectivity index (χ3n) is 4.91. The van der Waals surface area contributed by atoms with Crippen LogP contribution in [0.3, 0.4) is 0 Å². The van der Waals surface area contributed by atoms with E-state index < -0.39 is 5.25 Å². The molecule has 4 aromatic rings. The molecule has 9 nitrogen and oxygen atoms in total. The van der Waals surface area contributed by atoms with Gasteiger partial charge in [-0.05, 0) is 25.5 Å². The molecule has 0 aliphatic rings. The van der Waals surface area contributed by atoms with Gasteiger partial charge in [0.2, 0.25) is 5.91 Å². The highest BCUT2D eigenvalue weighted by Gasteiger charge is 2.24. The van der Waals surface area contributed by atoms with Gasteiger partial charge in [-0.1, -0.05) is 36.9 Å². The second kappa shape index (κ2) is 8.15. The minimum Gasteiger partial charge on any atom is -0.341 e. The predicted molar refractivity (Wildman–Crippen MR) is 116 cm³/mol. The summed E-state index contributed by atoms with van der Waals surface area (Å²) < 4.78 is 3.28. The van der Waals surface area contributed by atoms with Crippen molar-refractivity contribution < 1.29 is 4.79 Å². The summed E-state index contributed by atoms with van der Waals surface area (Å²) in [6, 6.07) is 9.32. The Morgan fingerprint density at radius 3 is 2.73 bits per heavy atom. The molecule has 0 aliphatic carbocycles. The Hall–Kier alpha value is -3.40. The minimum absolute atomic E-state index is 0.250. The van der Waals surface area contributed by atoms with Crippen LogP contribution in [0.15, 0.2) is 52.8 Å². The summed E-state index contributed by atoms with van der Waals surface area (Å²) in [7, 11) is 1.79. The molecule has 0 fully saturated rings. The second-order valence-corrected chi connectivity index (χ2v) is 7.91. The number of hydrogen-bond donors (Lipinski definition) is 2. The first-order valence-corrected chi connectivity index (χ1v) is 10.3. The molecule has 3 aromatic heterocycles. The SMILES string of the molecule is CCC(Sc1ncnc2nc[nH]c12)C(=O)Nc1c(C)n(C)n(-c2ccccc2)c1=O. The Bertz CT molecular complexity index is 1260. The number of nitrogens with one attached hydrogen (secondary N) is 2. The predicted octanol–water partition coefficient (Wildman–Crippen LogP) is 2.66. The highest BCUT2D eigenvalue weighted by Crippen LogP contribution is 2.28. The molecule has 0 saturated heterocycles. The van der Waals surface area contributed by atoms with Crippen LogP contribution < -0.4 is 10.9 Å². The van der Waals surface area contributed by atoms with Gasteiger partial charge in [0.1, 0.15) is 22.6 Å². The number of thioether (sulfide) groups is 1. The first-order chi connectivity index (χ1) is 14.5. The number of carbonyl (C=O) groups is 1. The fourth-order valence-corrected chi connectivity index (χ4v) is 4.18. The molecule has 154 valence electrons. The smallest absolute Gasteiger partial charge is 0.295 e. The number of fused-ring (bicyclic) bond motifs is 1. The molecule has 1 atom stereocenters. The largest absolute Gasteiger partial charge is 0.341 e. The van der Waals surface area contributed by atoms with Crippen molar-refractivity contribution in [1.82, 2.24) is 29.3 Å². The third kappa shape index (κ3) is 3.50. The Morgan fingerprint density at radius 2 is 2.00 bits per heavy atom. The van der Waals surface area contributed by atoms with Gasteiger partial charge in [-0.15, -0.1) is 0 Å². The number of benzene rings is 1. The molecule has 0 aliphatic heterocycles. The van der Waals surface area contributed by atoms with E-state index in [-0.39, 0.29) is 17.2 Å². The molecule has 4 rings (SSSR count). The molecule has 1 unspecified atom stereocenters. The van der Waals surface area contributed by atoms with Crippen LogP contribution in [0, 0.1) is 6.92 Å². The number of anilines is 1. The Morgan fingerprint density at radius 1 is 1.23 bits per heavy atom. The van der Waals surface area contributed by atoms with E-state index in [0.29, 0.717) is 28.3 Å². The molecule has 0 bridgehead atoms. The normalized spacial score (nSPS) is 12.2. The third-order valence-corrected chi connectivity index (χ3v) is 6.27. The number of H-pyrrole nitrogens is 1. The molecule has 0 spiro atoms. The van der Waals surface area contributed by atoms with Crippen LogP contribution in [0.25, 0.3) is 16.9 Å². The molecule has 1 amide bonds. The fourth-order valence-electron chi connectivity index (χ4n) is 3.21. The van der Waals surface area contributed by atoms with Crippen LogP contribution in [0.5, 0.6) is 0 Å². The lowest BCUT2D eigenvalue weighted by molar-refractivity contribution is -0.115. The molecular weight excluding hydrogens is 402 g/mol. The maximum atomic E-state index is 13.0. The van der Waals surface area contributed by atoms with E-state index >= 15 is 0 Å². The molecule has 30 heavy (non-hydrogen) atoms. The van der Waals surface area contributed by atoms with Crippen molar-refractivity contribution in [1.29, 1.82) is 0 Å². The molecule has 10 heteroatoms. The van der Waals surface area contributed by atoms with Gasteiger partial charge in [0, 0.05) is 7.05 Å². The summed E-state index contributed by atoms with van der Waals surface area (Å²) in [6.07, 6.45) is 3.54. The van der Waals surface area contributed by atoms with Crippen LogP contribution in [0.4, 0.5) is 5.69 Å². The Labute approximate surface area is 176 Å². The van der Waals surface area contributed by atoms with Gasteiger partial charge < -0.3 is 10.3 Å². The molecule has 3 heterocycles. The van der Waals surface area contributed by atoms with Crippen molar-refractivity contribution in [2.75, 3.05) is 5.32 Å². The van der Waals surface area contributed by atoms with Gasteiger partial charge in [-0.25, -0.2) is 19.6 Å². The summed E-state index contributed by atoms with van der Waals surface area (Å²) in [5, 5.41) is 3.05. The van der Waals surface area contributed by atoms with Crippen molar-refractivity contribution in [2.45, 2.75) is 30.5 Å². The number of imidazole rings is 1. The lowest BCUT2D eigenvalue weighted by Crippen LogP contribution is -2.28. The van der Waals surface area contributed by atoms with Crippen LogP contribution in [-0.4, -0.2) is 40.5 Å². The Kier molecular flexibility index (Phi) is 5.40. The van der Waals surface area contributed by atoms with Crippen LogP contribution in [0.1, 0.15) is 19.0 Å². The topological polar surface area (TPSA) is 110 Å². The number of nitrogens with zero attached hydrogens (tertiary/aromatic N) is 5. The van der Waals surface area contributed by atoms with E-state index in [0.717, 1.165) is 5.69 Å². The lowest BCUT2D eigenvalue weighted by atomic mass is 10.3. The number of amides is 1. The van der Waals surface area contributed by atoms with Gasteiger partial charge in [0.15, 0.2) is 5.65 Å². The number of para-hydroxylation sites is 1. The average molecular weight is 424 g/mol. The maximum absolute atomic E-state index is 13.0. The number of aromatic nitrogens is 6. The first kappa shape index (κ1) is 19.9. The second-order valence-electron chi connectivity index (χ2n) is 6.72. The quantitative estimate of drug-likeness (QED) is 0.364. The average Bonchev–Trinajstić information content (AvgIpc) is 3.32. The van der Waals surface area contributed by atoms with Crippen LogP contribution in [0.2, 0.25) is 0 Å². The van der Waals surface area contributed by atoms with E-state index in [1.54, 1.807) is 18.1 Å². The number of rotatable bonds is 6. The van der Waals surface area contributed by atoms with Gasteiger partial charge >= 0.3 is 0 Å². The van der Waals surface area contributed by atoms with Crippen LogP contribution >= 0.6 is 11.8 Å². The van der Waals surface area contributed by atoms with E-state index in [9.17, 15) is 9.59 Å². The van der Waals surface area contributed by atoms with Gasteiger partial charge in [0.05, 0.1) is 23.0 Å². The molecular formula is C20H21N7O2S. The fraction of sp³-hybridized carbons (Fsp3) is 0.250. The van der Waals surface area contributed by atoms with Crippen molar-refractivity contribution in [3.63, 3.8) is 0 Å². The number of aromatic amines is 1. The molecule has 1 aromatic carbocycles. The van der Waals surface area contributed by atoms with E-state index in [1.165, 1.54) is 22.8 Å². The van der Waals surface area contributed by atoms with E-state index in [2.05, 4.69) is 25.3 Å². The number of carbonyl (C=O) groups excluding carboxylic acids is 1. The zero-order chi connectivity index (χ0) is 21.3. The standard InChI is InChI=1S/C20H21N7O2S/c1-4-14(30-19-16-17(22-10-21-16)23-11-24-19)18(28)25-15-12(2)26(3)27(20(15)29)13-8-6-5-7-9-13/h5-11,14H,4H2,1-3H3,(H,25,28)(H,21,22,23,24). The summed E-state index contributed by atoms with van der Waals surface area (Å²) in [5.41, 5.74) is 2.66. The minimum atomic E-state index is -0.435. The number of hydrogen-bond acceptors (Lipinski definition) is 6. The van der Waals surface area contributed by atoms with Gasteiger partial charge in [0.25, 0.3) is 5.56 Å². The van der Waals surface area contributed by atoms with Gasteiger partial charge in [-0.3, -0.25) is 14.3 Å². The van der Waals surface area contributed by atoms with Crippen LogP contribution in [-0.2, 0) is 11.8 Å². The van der Waals surface area contributed by atoms with E-state index in [4.69, 9.17) is 0 Å². The zero-order valence-corrected chi connectivity index (χ0v) is 17.6. The summed E-state index contributed by atoms with van der Waals surface area (Å²) in [5.74, 6) is -0.250. The monoisotopic (exact) mass is 423 g/mol. The maximum Gasteiger partial charge on any atom is 0.295 e.